The molecule has 1 aliphatic carbocycles. The van der Waals surface area contributed by atoms with E-state index in [1.807, 2.05) is 18.2 Å². The number of rotatable bonds is 9. The van der Waals surface area contributed by atoms with Crippen molar-refractivity contribution in [1.82, 2.24) is 9.88 Å². The fourth-order valence-electron chi connectivity index (χ4n) is 5.42. The van der Waals surface area contributed by atoms with Crippen molar-refractivity contribution in [2.45, 2.75) is 64.3 Å². The first kappa shape index (κ1) is 25.4. The number of nitrogens with zero attached hydrogens (tertiary/aromatic N) is 2. The Labute approximate surface area is 214 Å². The number of aromatic nitrogens is 1. The lowest BCUT2D eigenvalue weighted by atomic mass is 9.78. The molecule has 0 N–H and O–H groups in total. The van der Waals surface area contributed by atoms with Gasteiger partial charge in [0.2, 0.25) is 0 Å². The number of benzene rings is 1. The number of carbonyl (C=O) groups excluding carboxylic acids is 1. The minimum absolute atomic E-state index is 0.152. The van der Waals surface area contributed by atoms with Crippen LogP contribution in [0.1, 0.15) is 66.4 Å². The number of thiazole rings is 1. The maximum atomic E-state index is 13.1. The van der Waals surface area contributed by atoms with Crippen LogP contribution in [0.5, 0.6) is 16.7 Å². The third-order valence-electron chi connectivity index (χ3n) is 7.40. The first-order valence-electron chi connectivity index (χ1n) is 13.0. The first-order chi connectivity index (χ1) is 17.3. The fourth-order valence-corrected chi connectivity index (χ4v) is 6.33. The molecule has 3 heterocycles. The van der Waals surface area contributed by atoms with E-state index in [2.05, 4.69) is 9.88 Å². The van der Waals surface area contributed by atoms with Gasteiger partial charge in [0.05, 0.1) is 11.3 Å². The Morgan fingerprint density at radius 3 is 2.78 bits per heavy atom. The highest BCUT2D eigenvalue weighted by Gasteiger charge is 2.28. The van der Waals surface area contributed by atoms with Crippen molar-refractivity contribution in [1.29, 1.82) is 0 Å². The van der Waals surface area contributed by atoms with E-state index in [4.69, 9.17) is 14.2 Å². The molecule has 6 nitrogen and oxygen atoms in total. The summed E-state index contributed by atoms with van der Waals surface area (Å²) in [5.41, 5.74) is 1.62. The molecule has 1 saturated carbocycles. The van der Waals surface area contributed by atoms with Crippen LogP contribution in [0.4, 0.5) is 8.78 Å². The Kier molecular flexibility index (Phi) is 7.76. The fraction of sp³-hybridized carbons (Fsp3) is 0.630. The van der Waals surface area contributed by atoms with Crippen LogP contribution in [0.2, 0.25) is 0 Å². The standard InChI is InChI=1S/C27H34F2N2O4S/c1-27(28,29)17-35-26-30-21-16-31(12-10-24(21)36-26)11-9-18-5-7-19(8-6-18)15-22(32)20-3-2-4-23-25(20)34-14-13-33-23/h2-4,18-19H,5-17H2,1H3. The van der Waals surface area contributed by atoms with Crippen molar-refractivity contribution >= 4 is 17.1 Å². The number of halogens is 2. The molecule has 0 atom stereocenters. The third kappa shape index (κ3) is 6.35. The van der Waals surface area contributed by atoms with Gasteiger partial charge in [-0.2, -0.15) is 0 Å². The minimum atomic E-state index is -2.85. The zero-order valence-electron chi connectivity index (χ0n) is 20.8. The van der Waals surface area contributed by atoms with Gasteiger partial charge in [-0.15, -0.1) is 0 Å². The number of para-hydroxylation sites is 1. The number of ketones is 1. The maximum absolute atomic E-state index is 13.1. The van der Waals surface area contributed by atoms with Crippen LogP contribution in [0.25, 0.3) is 0 Å². The summed E-state index contributed by atoms with van der Waals surface area (Å²) in [6.07, 6.45) is 7.09. The van der Waals surface area contributed by atoms with E-state index < -0.39 is 12.5 Å². The van der Waals surface area contributed by atoms with Gasteiger partial charge in [0, 0.05) is 31.3 Å². The molecule has 2 aromatic rings. The van der Waals surface area contributed by atoms with E-state index in [1.54, 1.807) is 0 Å². The quantitative estimate of drug-likeness (QED) is 0.391. The summed E-state index contributed by atoms with van der Waals surface area (Å²) < 4.78 is 42.7. The molecule has 0 unspecified atom stereocenters. The van der Waals surface area contributed by atoms with Crippen molar-refractivity contribution in [3.63, 3.8) is 0 Å². The van der Waals surface area contributed by atoms with E-state index >= 15 is 0 Å². The summed E-state index contributed by atoms with van der Waals surface area (Å²) in [4.78, 5) is 21.0. The molecule has 0 bridgehead atoms. The van der Waals surface area contributed by atoms with Crippen LogP contribution >= 0.6 is 11.3 Å². The Morgan fingerprint density at radius 2 is 1.97 bits per heavy atom. The summed E-state index contributed by atoms with van der Waals surface area (Å²) >= 11 is 1.40. The van der Waals surface area contributed by atoms with Gasteiger partial charge in [-0.1, -0.05) is 30.2 Å². The van der Waals surface area contributed by atoms with Crippen LogP contribution in [-0.4, -0.2) is 54.5 Å². The van der Waals surface area contributed by atoms with Gasteiger partial charge in [-0.05, 0) is 56.2 Å². The molecule has 9 heteroatoms. The van der Waals surface area contributed by atoms with Crippen molar-refractivity contribution in [2.24, 2.45) is 11.8 Å². The van der Waals surface area contributed by atoms with Crippen LogP contribution in [0.3, 0.4) is 0 Å². The number of fused-ring (bicyclic) bond motifs is 2. The Balaban J connectivity index is 1.05. The monoisotopic (exact) mass is 520 g/mol. The van der Waals surface area contributed by atoms with E-state index in [1.165, 1.54) is 11.3 Å². The highest BCUT2D eigenvalue weighted by Crippen LogP contribution is 2.38. The molecule has 0 spiro atoms. The van der Waals surface area contributed by atoms with Gasteiger partial charge in [0.15, 0.2) is 23.9 Å². The van der Waals surface area contributed by atoms with E-state index in [9.17, 15) is 13.6 Å². The van der Waals surface area contributed by atoms with Gasteiger partial charge < -0.3 is 14.2 Å². The molecular weight excluding hydrogens is 486 g/mol. The normalized spacial score (nSPS) is 22.2. The van der Waals surface area contributed by atoms with Crippen LogP contribution in [0.15, 0.2) is 18.2 Å². The molecule has 1 fully saturated rings. The van der Waals surface area contributed by atoms with Crippen molar-refractivity contribution in [3.05, 3.63) is 34.3 Å². The topological polar surface area (TPSA) is 60.9 Å². The number of hydrogen-bond acceptors (Lipinski definition) is 7. The summed E-state index contributed by atoms with van der Waals surface area (Å²) in [6, 6.07) is 5.57. The molecule has 3 aliphatic rings. The second-order valence-electron chi connectivity index (χ2n) is 10.4. The van der Waals surface area contributed by atoms with Gasteiger partial charge >= 0.3 is 0 Å². The summed E-state index contributed by atoms with van der Waals surface area (Å²) in [6.45, 7) is 3.97. The summed E-state index contributed by atoms with van der Waals surface area (Å²) in [5.74, 6) is -0.317. The molecular formula is C27H34F2N2O4S. The highest BCUT2D eigenvalue weighted by molar-refractivity contribution is 7.13. The molecule has 0 amide bonds. The molecule has 5 rings (SSSR count). The van der Waals surface area contributed by atoms with Crippen molar-refractivity contribution in [2.75, 3.05) is 32.9 Å². The molecule has 1 aromatic carbocycles. The maximum Gasteiger partial charge on any atom is 0.278 e. The van der Waals surface area contributed by atoms with Gasteiger partial charge in [-0.25, -0.2) is 13.8 Å². The average Bonchev–Trinajstić information content (AvgIpc) is 3.29. The number of Topliss-reactive ketones (excluding diaryl/α,β-unsaturated/α-hetero) is 1. The van der Waals surface area contributed by atoms with Crippen molar-refractivity contribution in [3.8, 4) is 16.7 Å². The SMILES string of the molecule is CC(F)(F)COc1nc2c(s1)CCN(CCC1CCC(CC(=O)c3cccc4c3OCCO4)CC1)C2. The van der Waals surface area contributed by atoms with Crippen LogP contribution in [0, 0.1) is 11.8 Å². The van der Waals surface area contributed by atoms with Gasteiger partial charge in [-0.3, -0.25) is 9.69 Å². The van der Waals surface area contributed by atoms with E-state index in [0.717, 1.165) is 75.7 Å². The Hall–Kier alpha value is -2.26. The lowest BCUT2D eigenvalue weighted by Crippen LogP contribution is -2.32. The van der Waals surface area contributed by atoms with Gasteiger partial charge in [0.25, 0.3) is 11.1 Å². The molecule has 1 aromatic heterocycles. The number of ether oxygens (including phenoxy) is 3. The van der Waals surface area contributed by atoms with E-state index in [0.29, 0.717) is 53.7 Å². The number of alkyl halides is 2. The Bertz CT molecular complexity index is 1060. The summed E-state index contributed by atoms with van der Waals surface area (Å²) in [5, 5.41) is 0.353. The summed E-state index contributed by atoms with van der Waals surface area (Å²) in [7, 11) is 0. The minimum Gasteiger partial charge on any atom is -0.486 e. The highest BCUT2D eigenvalue weighted by atomic mass is 32.1. The second-order valence-corrected chi connectivity index (χ2v) is 11.4. The van der Waals surface area contributed by atoms with E-state index in [-0.39, 0.29) is 5.78 Å². The second kappa shape index (κ2) is 11.0. The van der Waals surface area contributed by atoms with Crippen molar-refractivity contribution < 1.29 is 27.8 Å². The largest absolute Gasteiger partial charge is 0.486 e. The first-order valence-corrected chi connectivity index (χ1v) is 13.8. The zero-order valence-corrected chi connectivity index (χ0v) is 21.6. The predicted octanol–water partition coefficient (Wildman–Crippen LogP) is 5.78. The number of carbonyl (C=O) groups is 1. The third-order valence-corrected chi connectivity index (χ3v) is 8.47. The lowest BCUT2D eigenvalue weighted by Gasteiger charge is -2.31. The number of hydrogen-bond donors (Lipinski definition) is 0. The molecule has 196 valence electrons. The van der Waals surface area contributed by atoms with Crippen LogP contribution < -0.4 is 14.2 Å². The van der Waals surface area contributed by atoms with Crippen LogP contribution in [-0.2, 0) is 13.0 Å². The smallest absolute Gasteiger partial charge is 0.278 e. The zero-order chi connectivity index (χ0) is 25.1. The molecule has 0 saturated heterocycles. The van der Waals surface area contributed by atoms with Gasteiger partial charge in [0.1, 0.15) is 13.2 Å². The predicted molar refractivity (Wildman–Crippen MR) is 134 cm³/mol. The Morgan fingerprint density at radius 1 is 1.19 bits per heavy atom. The molecule has 36 heavy (non-hydrogen) atoms. The molecule has 0 radical (unpaired) electrons. The lowest BCUT2D eigenvalue weighted by molar-refractivity contribution is -0.0230. The average molecular weight is 521 g/mol. The molecule has 2 aliphatic heterocycles.